The summed E-state index contributed by atoms with van der Waals surface area (Å²) in [4.78, 5) is 43.3. The van der Waals surface area contributed by atoms with Gasteiger partial charge in [0.25, 0.3) is 5.56 Å². The molecule has 2 aliphatic heterocycles. The first-order chi connectivity index (χ1) is 10.6. The molecule has 0 bridgehead atoms. The van der Waals surface area contributed by atoms with Gasteiger partial charge in [0.15, 0.2) is 5.16 Å². The maximum absolute atomic E-state index is 12.6. The molecule has 0 spiro atoms. The Hall–Kier alpha value is -1.83. The van der Waals surface area contributed by atoms with Crippen molar-refractivity contribution in [2.75, 3.05) is 31.9 Å². The monoisotopic (exact) mass is 322 g/mol. The maximum Gasteiger partial charge on any atom is 0.257 e. The van der Waals surface area contributed by atoms with Crippen LogP contribution in [-0.2, 0) is 16.1 Å². The van der Waals surface area contributed by atoms with E-state index in [4.69, 9.17) is 0 Å². The van der Waals surface area contributed by atoms with Gasteiger partial charge in [0, 0.05) is 50.2 Å². The van der Waals surface area contributed by atoms with E-state index in [1.807, 2.05) is 0 Å². The lowest BCUT2D eigenvalue weighted by Gasteiger charge is -2.35. The van der Waals surface area contributed by atoms with Crippen LogP contribution < -0.4 is 5.56 Å². The Morgan fingerprint density at radius 2 is 2.09 bits per heavy atom. The molecule has 1 unspecified atom stereocenters. The van der Waals surface area contributed by atoms with Crippen molar-refractivity contribution in [1.29, 1.82) is 0 Å². The van der Waals surface area contributed by atoms with Crippen LogP contribution in [0.1, 0.15) is 5.56 Å². The molecule has 7 nitrogen and oxygen atoms in total. The second-order valence-electron chi connectivity index (χ2n) is 5.61. The molecule has 1 fully saturated rings. The average Bonchev–Trinajstić information content (AvgIpc) is 2.57. The second-order valence-corrected chi connectivity index (χ2v) is 6.60. The molecule has 2 aliphatic rings. The lowest BCUT2D eigenvalue weighted by molar-refractivity contribution is -0.138. The fraction of sp³-hybridized carbons (Fsp3) is 0.571. The van der Waals surface area contributed by atoms with E-state index in [2.05, 4.69) is 4.98 Å². The first-order valence-electron chi connectivity index (χ1n) is 7.27. The fourth-order valence-electron chi connectivity index (χ4n) is 2.76. The number of thioether (sulfide) groups is 1. The van der Waals surface area contributed by atoms with Crippen molar-refractivity contribution in [3.05, 3.63) is 22.1 Å². The van der Waals surface area contributed by atoms with E-state index in [0.717, 1.165) is 6.41 Å². The van der Waals surface area contributed by atoms with Crippen LogP contribution in [0.2, 0.25) is 0 Å². The summed E-state index contributed by atoms with van der Waals surface area (Å²) >= 11 is 1.45. The number of hydrogen-bond donors (Lipinski definition) is 0. The topological polar surface area (TPSA) is 75.5 Å². The molecule has 2 amide bonds. The minimum Gasteiger partial charge on any atom is -0.342 e. The predicted molar refractivity (Wildman–Crippen MR) is 81.7 cm³/mol. The standard InChI is InChI=1S/C14H18N4O3S/c1-10-6-15-14-18(12(10)20)7-11(8-22-14)13(21)17-4-2-16(9-19)3-5-17/h6,9,11H,2-5,7-8H2,1H3. The lowest BCUT2D eigenvalue weighted by atomic mass is 10.1. The first kappa shape index (κ1) is 15.1. The van der Waals surface area contributed by atoms with Gasteiger partial charge in [-0.25, -0.2) is 4.98 Å². The Bertz CT molecular complexity index is 652. The van der Waals surface area contributed by atoms with E-state index in [-0.39, 0.29) is 17.4 Å². The van der Waals surface area contributed by atoms with Gasteiger partial charge < -0.3 is 9.80 Å². The van der Waals surface area contributed by atoms with Crippen LogP contribution in [0.15, 0.2) is 16.1 Å². The number of carbonyl (C=O) groups is 2. The normalized spacial score (nSPS) is 21.4. The van der Waals surface area contributed by atoms with Crippen molar-refractivity contribution in [2.24, 2.45) is 5.92 Å². The molecule has 22 heavy (non-hydrogen) atoms. The van der Waals surface area contributed by atoms with E-state index >= 15 is 0 Å². The van der Waals surface area contributed by atoms with Crippen molar-refractivity contribution < 1.29 is 9.59 Å². The number of amides is 2. The van der Waals surface area contributed by atoms with Crippen molar-refractivity contribution >= 4 is 24.1 Å². The van der Waals surface area contributed by atoms with Gasteiger partial charge in [-0.2, -0.15) is 0 Å². The van der Waals surface area contributed by atoms with Crippen LogP contribution in [0.3, 0.4) is 0 Å². The highest BCUT2D eigenvalue weighted by molar-refractivity contribution is 7.99. The molecular formula is C14H18N4O3S. The average molecular weight is 322 g/mol. The summed E-state index contributed by atoms with van der Waals surface area (Å²) in [7, 11) is 0. The van der Waals surface area contributed by atoms with Crippen molar-refractivity contribution in [3.63, 3.8) is 0 Å². The van der Waals surface area contributed by atoms with Gasteiger partial charge in [0.05, 0.1) is 5.92 Å². The molecule has 3 heterocycles. The molecular weight excluding hydrogens is 304 g/mol. The van der Waals surface area contributed by atoms with Crippen LogP contribution in [0.25, 0.3) is 0 Å². The Labute approximate surface area is 132 Å². The summed E-state index contributed by atoms with van der Waals surface area (Å²) in [5.74, 6) is 0.501. The van der Waals surface area contributed by atoms with Gasteiger partial charge in [-0.15, -0.1) is 0 Å². The summed E-state index contributed by atoms with van der Waals surface area (Å²) in [5, 5.41) is 0.686. The second kappa shape index (κ2) is 6.12. The zero-order valence-corrected chi connectivity index (χ0v) is 13.2. The number of nitrogens with zero attached hydrogens (tertiary/aromatic N) is 4. The Balaban J connectivity index is 1.72. The number of rotatable bonds is 2. The maximum atomic E-state index is 12.6. The quantitative estimate of drug-likeness (QED) is 0.546. The third-order valence-electron chi connectivity index (χ3n) is 4.12. The molecule has 3 rings (SSSR count). The molecule has 0 saturated carbocycles. The Morgan fingerprint density at radius 3 is 2.77 bits per heavy atom. The number of fused-ring (bicyclic) bond motifs is 1. The third kappa shape index (κ3) is 2.75. The largest absolute Gasteiger partial charge is 0.342 e. The lowest BCUT2D eigenvalue weighted by Crippen LogP contribution is -2.51. The molecule has 1 aromatic heterocycles. The fourth-order valence-corrected chi connectivity index (χ4v) is 3.80. The van der Waals surface area contributed by atoms with Crippen LogP contribution in [0.5, 0.6) is 0 Å². The van der Waals surface area contributed by atoms with E-state index in [9.17, 15) is 14.4 Å². The molecule has 0 aromatic carbocycles. The van der Waals surface area contributed by atoms with Gasteiger partial charge in [0.2, 0.25) is 12.3 Å². The van der Waals surface area contributed by atoms with E-state index < -0.39 is 0 Å². The van der Waals surface area contributed by atoms with Gasteiger partial charge in [0.1, 0.15) is 0 Å². The SMILES string of the molecule is Cc1cnc2n(c1=O)CC(C(=O)N1CCN(C=O)CC1)CS2. The van der Waals surface area contributed by atoms with E-state index in [1.165, 1.54) is 11.8 Å². The number of piperazine rings is 1. The van der Waals surface area contributed by atoms with Crippen molar-refractivity contribution in [2.45, 2.75) is 18.6 Å². The molecule has 1 aromatic rings. The Morgan fingerprint density at radius 1 is 1.36 bits per heavy atom. The van der Waals surface area contributed by atoms with Crippen LogP contribution in [0.4, 0.5) is 0 Å². The summed E-state index contributed by atoms with van der Waals surface area (Å²) in [6.45, 7) is 4.40. The summed E-state index contributed by atoms with van der Waals surface area (Å²) in [6, 6.07) is 0. The molecule has 0 N–H and O–H groups in total. The minimum atomic E-state index is -0.207. The number of hydrogen-bond acceptors (Lipinski definition) is 5. The number of aromatic nitrogens is 2. The Kier molecular flexibility index (Phi) is 4.19. The highest BCUT2D eigenvalue weighted by Crippen LogP contribution is 2.26. The summed E-state index contributed by atoms with van der Waals surface area (Å²) in [5.41, 5.74) is 0.526. The van der Waals surface area contributed by atoms with Gasteiger partial charge in [-0.3, -0.25) is 19.0 Å². The molecule has 0 radical (unpaired) electrons. The zero-order chi connectivity index (χ0) is 15.7. The van der Waals surface area contributed by atoms with Gasteiger partial charge in [-0.1, -0.05) is 11.8 Å². The molecule has 0 aliphatic carbocycles. The van der Waals surface area contributed by atoms with Crippen LogP contribution in [-0.4, -0.2) is 63.6 Å². The van der Waals surface area contributed by atoms with Crippen molar-refractivity contribution in [3.8, 4) is 0 Å². The summed E-state index contributed by atoms with van der Waals surface area (Å²) < 4.78 is 1.60. The molecule has 1 saturated heterocycles. The van der Waals surface area contributed by atoms with E-state index in [1.54, 1.807) is 27.5 Å². The molecule has 1 atom stereocenters. The van der Waals surface area contributed by atoms with Crippen molar-refractivity contribution in [1.82, 2.24) is 19.4 Å². The zero-order valence-electron chi connectivity index (χ0n) is 12.4. The minimum absolute atomic E-state index is 0.0668. The number of carbonyl (C=O) groups excluding carboxylic acids is 2. The smallest absolute Gasteiger partial charge is 0.257 e. The van der Waals surface area contributed by atoms with Gasteiger partial charge >= 0.3 is 0 Å². The molecule has 118 valence electrons. The third-order valence-corrected chi connectivity index (χ3v) is 5.28. The number of aryl methyl sites for hydroxylation is 1. The highest BCUT2D eigenvalue weighted by Gasteiger charge is 2.31. The first-order valence-corrected chi connectivity index (χ1v) is 8.26. The van der Waals surface area contributed by atoms with Gasteiger partial charge in [-0.05, 0) is 6.92 Å². The highest BCUT2D eigenvalue weighted by atomic mass is 32.2. The summed E-state index contributed by atoms with van der Waals surface area (Å²) in [6.07, 6.45) is 2.41. The predicted octanol–water partition coefficient (Wildman–Crippen LogP) is -0.426. The molecule has 8 heteroatoms. The van der Waals surface area contributed by atoms with Crippen LogP contribution >= 0.6 is 11.8 Å². The van der Waals surface area contributed by atoms with E-state index in [0.29, 0.717) is 49.2 Å². The van der Waals surface area contributed by atoms with Crippen LogP contribution in [0, 0.1) is 12.8 Å².